The van der Waals surface area contributed by atoms with Crippen molar-refractivity contribution in [1.82, 2.24) is 5.43 Å². The molecule has 4 nitrogen and oxygen atoms in total. The first-order valence-electron chi connectivity index (χ1n) is 7.81. The van der Waals surface area contributed by atoms with E-state index in [1.807, 2.05) is 7.11 Å². The molecule has 3 N–H and O–H groups in total. The van der Waals surface area contributed by atoms with E-state index in [9.17, 15) is 0 Å². The standard InChI is InChI=1S/C15H32N2O2/c1-4-6-7-13(5-2)12-14(17-16)15(18-3)8-10-19-11-9-15/h13-14,17H,4-12,16H2,1-3H3. The van der Waals surface area contributed by atoms with Gasteiger partial charge in [0.1, 0.15) is 0 Å². The molecule has 1 aliphatic heterocycles. The van der Waals surface area contributed by atoms with E-state index in [0.717, 1.165) is 38.4 Å². The molecule has 1 heterocycles. The molecule has 0 spiro atoms. The Labute approximate surface area is 118 Å². The summed E-state index contributed by atoms with van der Waals surface area (Å²) in [6.07, 6.45) is 8.04. The van der Waals surface area contributed by atoms with Crippen LogP contribution in [-0.2, 0) is 9.47 Å². The van der Waals surface area contributed by atoms with Gasteiger partial charge in [0.15, 0.2) is 0 Å². The van der Waals surface area contributed by atoms with Gasteiger partial charge in [-0.15, -0.1) is 0 Å². The average Bonchev–Trinajstić information content (AvgIpc) is 2.48. The highest BCUT2D eigenvalue weighted by Crippen LogP contribution is 2.32. The lowest BCUT2D eigenvalue weighted by atomic mass is 9.80. The maximum Gasteiger partial charge on any atom is 0.0888 e. The molecule has 2 unspecified atom stereocenters. The molecule has 114 valence electrons. The third kappa shape index (κ3) is 4.71. The van der Waals surface area contributed by atoms with Gasteiger partial charge >= 0.3 is 0 Å². The van der Waals surface area contributed by atoms with Gasteiger partial charge < -0.3 is 9.47 Å². The molecule has 0 saturated carbocycles. The first-order chi connectivity index (χ1) is 9.22. The Morgan fingerprint density at radius 2 is 2.00 bits per heavy atom. The normalized spacial score (nSPS) is 22.1. The van der Waals surface area contributed by atoms with Gasteiger partial charge in [-0.1, -0.05) is 39.5 Å². The summed E-state index contributed by atoms with van der Waals surface area (Å²) < 4.78 is 11.3. The second kappa shape index (κ2) is 8.90. The summed E-state index contributed by atoms with van der Waals surface area (Å²) in [7, 11) is 1.81. The smallest absolute Gasteiger partial charge is 0.0888 e. The molecule has 1 rings (SSSR count). The molecule has 0 aromatic heterocycles. The Hall–Kier alpha value is -0.160. The van der Waals surface area contributed by atoms with Crippen molar-refractivity contribution < 1.29 is 9.47 Å². The molecule has 4 heteroatoms. The molecule has 0 aromatic rings. The topological polar surface area (TPSA) is 56.5 Å². The summed E-state index contributed by atoms with van der Waals surface area (Å²) in [5.41, 5.74) is 2.88. The lowest BCUT2D eigenvalue weighted by Crippen LogP contribution is -2.57. The number of methoxy groups -OCH3 is 1. The third-order valence-electron chi connectivity index (χ3n) is 4.69. The van der Waals surface area contributed by atoms with Crippen molar-refractivity contribution in [1.29, 1.82) is 0 Å². The Balaban J connectivity index is 2.62. The molecule has 19 heavy (non-hydrogen) atoms. The zero-order valence-corrected chi connectivity index (χ0v) is 12.9. The number of nitrogens with two attached hydrogens (primary N) is 1. The lowest BCUT2D eigenvalue weighted by molar-refractivity contribution is -0.114. The molecule has 1 saturated heterocycles. The molecular formula is C15H32N2O2. The van der Waals surface area contributed by atoms with E-state index < -0.39 is 0 Å². The predicted molar refractivity (Wildman–Crippen MR) is 78.8 cm³/mol. The Kier molecular flexibility index (Phi) is 7.91. The van der Waals surface area contributed by atoms with Gasteiger partial charge in [0.25, 0.3) is 0 Å². The minimum absolute atomic E-state index is 0.146. The predicted octanol–water partition coefficient (Wildman–Crippen LogP) is 2.62. The molecular weight excluding hydrogens is 240 g/mol. The summed E-state index contributed by atoms with van der Waals surface area (Å²) in [5.74, 6) is 6.56. The number of hydrogen-bond acceptors (Lipinski definition) is 4. The maximum atomic E-state index is 5.86. The number of hydrazine groups is 1. The summed E-state index contributed by atoms with van der Waals surface area (Å²) in [4.78, 5) is 0. The van der Waals surface area contributed by atoms with E-state index in [1.165, 1.54) is 25.7 Å². The van der Waals surface area contributed by atoms with Gasteiger partial charge in [-0.2, -0.15) is 0 Å². The van der Waals surface area contributed by atoms with Crippen LogP contribution < -0.4 is 11.3 Å². The van der Waals surface area contributed by atoms with Crippen LogP contribution in [0.5, 0.6) is 0 Å². The molecule has 0 aromatic carbocycles. The fraction of sp³-hybridized carbons (Fsp3) is 1.00. The second-order valence-electron chi connectivity index (χ2n) is 5.75. The van der Waals surface area contributed by atoms with Crippen molar-refractivity contribution in [2.75, 3.05) is 20.3 Å². The van der Waals surface area contributed by atoms with E-state index in [2.05, 4.69) is 19.3 Å². The number of unbranched alkanes of at least 4 members (excludes halogenated alkanes) is 1. The van der Waals surface area contributed by atoms with Gasteiger partial charge in [-0.05, 0) is 12.3 Å². The highest BCUT2D eigenvalue weighted by Gasteiger charge is 2.40. The summed E-state index contributed by atoms with van der Waals surface area (Å²) >= 11 is 0. The first kappa shape index (κ1) is 16.9. The van der Waals surface area contributed by atoms with Gasteiger partial charge in [-0.3, -0.25) is 11.3 Å². The van der Waals surface area contributed by atoms with Gasteiger partial charge in [0.05, 0.1) is 11.6 Å². The van der Waals surface area contributed by atoms with Gasteiger partial charge in [0.2, 0.25) is 0 Å². The lowest BCUT2D eigenvalue weighted by Gasteiger charge is -2.43. The SMILES string of the molecule is CCCCC(CC)CC(NN)C1(OC)CCOCC1. The van der Waals surface area contributed by atoms with Crippen molar-refractivity contribution >= 4 is 0 Å². The zero-order valence-electron chi connectivity index (χ0n) is 12.9. The van der Waals surface area contributed by atoms with Crippen LogP contribution in [-0.4, -0.2) is 32.0 Å². The minimum Gasteiger partial charge on any atom is -0.381 e. The molecule has 0 amide bonds. The highest BCUT2D eigenvalue weighted by atomic mass is 16.5. The molecule has 2 atom stereocenters. The van der Waals surface area contributed by atoms with E-state index in [1.54, 1.807) is 0 Å². The number of nitrogens with one attached hydrogen (secondary N) is 1. The molecule has 1 fully saturated rings. The first-order valence-corrected chi connectivity index (χ1v) is 7.81. The largest absolute Gasteiger partial charge is 0.381 e. The van der Waals surface area contributed by atoms with Crippen LogP contribution >= 0.6 is 0 Å². The van der Waals surface area contributed by atoms with E-state index >= 15 is 0 Å². The number of hydrogen-bond donors (Lipinski definition) is 2. The van der Waals surface area contributed by atoms with E-state index in [4.69, 9.17) is 15.3 Å². The van der Waals surface area contributed by atoms with Crippen molar-refractivity contribution in [3.63, 3.8) is 0 Å². The van der Waals surface area contributed by atoms with E-state index in [0.29, 0.717) is 0 Å². The van der Waals surface area contributed by atoms with Crippen LogP contribution in [0.3, 0.4) is 0 Å². The zero-order chi connectivity index (χ0) is 14.1. The summed E-state index contributed by atoms with van der Waals surface area (Å²) in [6.45, 7) is 6.08. The van der Waals surface area contributed by atoms with Crippen LogP contribution in [0.25, 0.3) is 0 Å². The Morgan fingerprint density at radius 3 is 2.47 bits per heavy atom. The average molecular weight is 272 g/mol. The molecule has 0 bridgehead atoms. The van der Waals surface area contributed by atoms with Crippen molar-refractivity contribution in [3.05, 3.63) is 0 Å². The van der Waals surface area contributed by atoms with Crippen LogP contribution in [0.2, 0.25) is 0 Å². The second-order valence-corrected chi connectivity index (χ2v) is 5.75. The van der Waals surface area contributed by atoms with Crippen LogP contribution in [0.15, 0.2) is 0 Å². The van der Waals surface area contributed by atoms with Crippen molar-refractivity contribution in [2.24, 2.45) is 11.8 Å². The van der Waals surface area contributed by atoms with Crippen molar-refractivity contribution in [3.8, 4) is 0 Å². The molecule has 0 radical (unpaired) electrons. The van der Waals surface area contributed by atoms with Crippen LogP contribution in [0.1, 0.15) is 58.8 Å². The molecule has 0 aliphatic carbocycles. The van der Waals surface area contributed by atoms with Crippen molar-refractivity contribution in [2.45, 2.75) is 70.4 Å². The van der Waals surface area contributed by atoms with Gasteiger partial charge in [0, 0.05) is 33.2 Å². The van der Waals surface area contributed by atoms with E-state index in [-0.39, 0.29) is 11.6 Å². The fourth-order valence-corrected chi connectivity index (χ4v) is 3.16. The summed E-state index contributed by atoms with van der Waals surface area (Å²) in [5, 5.41) is 0. The highest BCUT2D eigenvalue weighted by molar-refractivity contribution is 4.94. The fourth-order valence-electron chi connectivity index (χ4n) is 3.16. The minimum atomic E-state index is -0.146. The third-order valence-corrected chi connectivity index (χ3v) is 4.69. The monoisotopic (exact) mass is 272 g/mol. The maximum absolute atomic E-state index is 5.86. The quantitative estimate of drug-likeness (QED) is 0.500. The summed E-state index contributed by atoms with van der Waals surface area (Å²) in [6, 6.07) is 0.225. The number of ether oxygens (including phenoxy) is 2. The Morgan fingerprint density at radius 1 is 1.32 bits per heavy atom. The molecule has 1 aliphatic rings. The Bertz CT molecular complexity index is 230. The van der Waals surface area contributed by atoms with Gasteiger partial charge in [-0.25, -0.2) is 0 Å². The van der Waals surface area contributed by atoms with Crippen LogP contribution in [0.4, 0.5) is 0 Å². The van der Waals surface area contributed by atoms with Crippen LogP contribution in [0, 0.1) is 5.92 Å². The number of rotatable bonds is 9.